The zero-order valence-corrected chi connectivity index (χ0v) is 11.9. The fourth-order valence-corrected chi connectivity index (χ4v) is 2.89. The first kappa shape index (κ1) is 13.8. The Bertz CT molecular complexity index is 587. The molecule has 110 valence electrons. The number of fused-ring (bicyclic) bond motifs is 1. The van der Waals surface area contributed by atoms with Crippen molar-refractivity contribution in [3.8, 4) is 0 Å². The Labute approximate surface area is 123 Å². The van der Waals surface area contributed by atoms with E-state index < -0.39 is 0 Å². The lowest BCUT2D eigenvalue weighted by Crippen LogP contribution is -2.47. The molecule has 0 aliphatic carbocycles. The molecular formula is C16H18N2O3. The largest absolute Gasteiger partial charge is 0.340 e. The van der Waals surface area contributed by atoms with Crippen LogP contribution in [0.5, 0.6) is 0 Å². The molecule has 0 saturated carbocycles. The van der Waals surface area contributed by atoms with Crippen molar-refractivity contribution in [1.82, 2.24) is 9.80 Å². The molecule has 1 saturated heterocycles. The molecule has 0 unspecified atom stereocenters. The molecule has 0 atom stereocenters. The summed E-state index contributed by atoms with van der Waals surface area (Å²) in [5.74, 6) is 0.0792. The zero-order chi connectivity index (χ0) is 14.8. The van der Waals surface area contributed by atoms with Crippen LogP contribution in [0.1, 0.15) is 28.8 Å². The van der Waals surface area contributed by atoms with Crippen molar-refractivity contribution >= 4 is 17.6 Å². The number of Topliss-reactive ketones (excluding diaryl/α,β-unsaturated/α-hetero) is 1. The number of ketones is 1. The van der Waals surface area contributed by atoms with Crippen molar-refractivity contribution < 1.29 is 14.4 Å². The number of amides is 2. The topological polar surface area (TPSA) is 57.7 Å². The average Bonchev–Trinajstić information content (AvgIpc) is 2.51. The summed E-state index contributed by atoms with van der Waals surface area (Å²) < 4.78 is 0. The van der Waals surface area contributed by atoms with Crippen molar-refractivity contribution in [1.29, 1.82) is 0 Å². The van der Waals surface area contributed by atoms with E-state index in [9.17, 15) is 14.4 Å². The molecule has 0 bridgehead atoms. The minimum Gasteiger partial charge on any atom is -0.340 e. The maximum absolute atomic E-state index is 12.4. The molecule has 1 aromatic rings. The van der Waals surface area contributed by atoms with Gasteiger partial charge in [0.15, 0.2) is 0 Å². The second-order valence-corrected chi connectivity index (χ2v) is 5.55. The van der Waals surface area contributed by atoms with Gasteiger partial charge in [0.05, 0.1) is 0 Å². The maximum Gasteiger partial charge on any atom is 0.254 e. The van der Waals surface area contributed by atoms with Gasteiger partial charge >= 0.3 is 0 Å². The van der Waals surface area contributed by atoms with E-state index in [1.165, 1.54) is 0 Å². The van der Waals surface area contributed by atoms with Crippen LogP contribution in [0.2, 0.25) is 0 Å². The fourth-order valence-electron chi connectivity index (χ4n) is 2.89. The van der Waals surface area contributed by atoms with Gasteiger partial charge < -0.3 is 9.80 Å². The van der Waals surface area contributed by atoms with Gasteiger partial charge in [0.25, 0.3) is 5.91 Å². The molecule has 1 aromatic carbocycles. The Balaban J connectivity index is 1.65. The first-order chi connectivity index (χ1) is 10.1. The highest BCUT2D eigenvalue weighted by molar-refractivity contribution is 5.98. The van der Waals surface area contributed by atoms with E-state index in [-0.39, 0.29) is 24.1 Å². The maximum atomic E-state index is 12.4. The summed E-state index contributed by atoms with van der Waals surface area (Å²) >= 11 is 0. The Morgan fingerprint density at radius 1 is 1.00 bits per heavy atom. The van der Waals surface area contributed by atoms with E-state index in [2.05, 4.69) is 0 Å². The standard InChI is InChI=1S/C16H18N2O3/c19-13-6-9-17(10-7-13)15(20)11-18-8-5-12-3-1-2-4-14(12)16(18)21/h1-4H,5-11H2. The average molecular weight is 286 g/mol. The smallest absolute Gasteiger partial charge is 0.254 e. The molecule has 5 heteroatoms. The molecular weight excluding hydrogens is 268 g/mol. The number of carbonyl (C=O) groups is 3. The van der Waals surface area contributed by atoms with E-state index in [1.807, 2.05) is 24.3 Å². The first-order valence-corrected chi connectivity index (χ1v) is 7.32. The Morgan fingerprint density at radius 3 is 2.48 bits per heavy atom. The van der Waals surface area contributed by atoms with E-state index in [4.69, 9.17) is 0 Å². The van der Waals surface area contributed by atoms with Crippen molar-refractivity contribution in [3.63, 3.8) is 0 Å². The summed E-state index contributed by atoms with van der Waals surface area (Å²) in [5.41, 5.74) is 1.75. The molecule has 2 amide bonds. The molecule has 2 heterocycles. The molecule has 0 aromatic heterocycles. The monoisotopic (exact) mass is 286 g/mol. The summed E-state index contributed by atoms with van der Waals surface area (Å²) in [4.78, 5) is 39.1. The predicted molar refractivity (Wildman–Crippen MR) is 76.9 cm³/mol. The number of rotatable bonds is 2. The second kappa shape index (κ2) is 5.68. The van der Waals surface area contributed by atoms with Gasteiger partial charge in [-0.3, -0.25) is 14.4 Å². The number of piperidine rings is 1. The highest BCUT2D eigenvalue weighted by atomic mass is 16.2. The fraction of sp³-hybridized carbons (Fsp3) is 0.438. The Morgan fingerprint density at radius 2 is 1.71 bits per heavy atom. The van der Waals surface area contributed by atoms with E-state index >= 15 is 0 Å². The van der Waals surface area contributed by atoms with Gasteiger partial charge in [0.1, 0.15) is 12.3 Å². The van der Waals surface area contributed by atoms with Gasteiger partial charge in [0.2, 0.25) is 5.91 Å². The van der Waals surface area contributed by atoms with Crippen LogP contribution in [-0.2, 0) is 16.0 Å². The highest BCUT2D eigenvalue weighted by Gasteiger charge is 2.28. The van der Waals surface area contributed by atoms with E-state index in [0.717, 1.165) is 12.0 Å². The van der Waals surface area contributed by atoms with Crippen LogP contribution in [-0.4, -0.2) is 53.6 Å². The Hall–Kier alpha value is -2.17. The molecule has 0 radical (unpaired) electrons. The molecule has 0 spiro atoms. The van der Waals surface area contributed by atoms with Crippen LogP contribution >= 0.6 is 0 Å². The highest BCUT2D eigenvalue weighted by Crippen LogP contribution is 2.18. The summed E-state index contributed by atoms with van der Waals surface area (Å²) in [6.07, 6.45) is 1.65. The summed E-state index contributed by atoms with van der Waals surface area (Å²) in [6, 6.07) is 7.55. The molecule has 2 aliphatic heterocycles. The molecule has 1 fully saturated rings. The quantitative estimate of drug-likeness (QED) is 0.811. The Kier molecular flexibility index (Phi) is 3.73. The summed E-state index contributed by atoms with van der Waals surface area (Å²) in [6.45, 7) is 1.66. The van der Waals surface area contributed by atoms with Crippen LogP contribution in [0.3, 0.4) is 0 Å². The molecule has 0 N–H and O–H groups in total. The normalized spacial score (nSPS) is 18.7. The van der Waals surface area contributed by atoms with Crippen LogP contribution in [0, 0.1) is 0 Å². The molecule has 5 nitrogen and oxygen atoms in total. The first-order valence-electron chi connectivity index (χ1n) is 7.32. The lowest BCUT2D eigenvalue weighted by molar-refractivity contribution is -0.135. The summed E-state index contributed by atoms with van der Waals surface area (Å²) in [5, 5.41) is 0. The van der Waals surface area contributed by atoms with Crippen LogP contribution in [0.15, 0.2) is 24.3 Å². The second-order valence-electron chi connectivity index (χ2n) is 5.55. The number of nitrogens with zero attached hydrogens (tertiary/aromatic N) is 2. The van der Waals surface area contributed by atoms with Gasteiger partial charge in [0, 0.05) is 38.0 Å². The van der Waals surface area contributed by atoms with Crippen molar-refractivity contribution in [3.05, 3.63) is 35.4 Å². The lowest BCUT2D eigenvalue weighted by Gasteiger charge is -2.32. The minimum atomic E-state index is -0.0710. The molecule has 21 heavy (non-hydrogen) atoms. The van der Waals surface area contributed by atoms with Crippen molar-refractivity contribution in [2.45, 2.75) is 19.3 Å². The molecule has 3 rings (SSSR count). The van der Waals surface area contributed by atoms with Gasteiger partial charge in [-0.2, -0.15) is 0 Å². The van der Waals surface area contributed by atoms with Gasteiger partial charge in [-0.1, -0.05) is 18.2 Å². The van der Waals surface area contributed by atoms with Crippen LogP contribution in [0.4, 0.5) is 0 Å². The van der Waals surface area contributed by atoms with Crippen molar-refractivity contribution in [2.75, 3.05) is 26.2 Å². The number of hydrogen-bond acceptors (Lipinski definition) is 3. The van der Waals surface area contributed by atoms with Crippen LogP contribution in [0.25, 0.3) is 0 Å². The third-order valence-electron chi connectivity index (χ3n) is 4.19. The SMILES string of the molecule is O=C1CCN(C(=O)CN2CCc3ccccc3C2=O)CC1. The number of hydrogen-bond donors (Lipinski definition) is 0. The third-order valence-corrected chi connectivity index (χ3v) is 4.19. The lowest BCUT2D eigenvalue weighted by atomic mass is 9.99. The van der Waals surface area contributed by atoms with Crippen LogP contribution < -0.4 is 0 Å². The minimum absolute atomic E-state index is 0.0600. The zero-order valence-electron chi connectivity index (χ0n) is 11.9. The van der Waals surface area contributed by atoms with Gasteiger partial charge in [-0.15, -0.1) is 0 Å². The van der Waals surface area contributed by atoms with E-state index in [0.29, 0.717) is 38.0 Å². The third kappa shape index (κ3) is 2.82. The van der Waals surface area contributed by atoms with Gasteiger partial charge in [-0.05, 0) is 18.1 Å². The number of likely N-dealkylation sites (tertiary alicyclic amines) is 1. The molecule has 2 aliphatic rings. The van der Waals surface area contributed by atoms with E-state index in [1.54, 1.807) is 9.80 Å². The van der Waals surface area contributed by atoms with Crippen molar-refractivity contribution in [2.24, 2.45) is 0 Å². The predicted octanol–water partition coefficient (Wildman–Crippen LogP) is 0.876. The number of carbonyl (C=O) groups excluding carboxylic acids is 3. The van der Waals surface area contributed by atoms with Gasteiger partial charge in [-0.25, -0.2) is 0 Å². The number of benzene rings is 1. The summed E-state index contributed by atoms with van der Waals surface area (Å²) in [7, 11) is 0.